The Labute approximate surface area is 136 Å². The van der Waals surface area contributed by atoms with E-state index in [4.69, 9.17) is 0 Å². The molecule has 124 valence electrons. The summed E-state index contributed by atoms with van der Waals surface area (Å²) in [6, 6.07) is 13.3. The summed E-state index contributed by atoms with van der Waals surface area (Å²) in [5.41, 5.74) is 0.195. The number of alkyl halides is 2. The van der Waals surface area contributed by atoms with Gasteiger partial charge in [-0.2, -0.15) is 8.78 Å². The molecule has 0 saturated carbocycles. The number of amides is 1. The van der Waals surface area contributed by atoms with Gasteiger partial charge in [-0.1, -0.05) is 30.3 Å². The van der Waals surface area contributed by atoms with Gasteiger partial charge in [0.2, 0.25) is 0 Å². The van der Waals surface area contributed by atoms with E-state index in [2.05, 4.69) is 10.1 Å². The fraction of sp³-hybridized carbons (Fsp3) is 0.0588. The first-order chi connectivity index (χ1) is 11.5. The average Bonchev–Trinajstić information content (AvgIpc) is 2.56. The standard InChI is InChI=1S/C17H13F2NO4/c18-17(19)24-13-8-6-11(7-9-13)10-14(16(22)23)20-15(21)12-4-2-1-3-5-12/h1-10,17H,(H,20,21)(H,22,23)/p-1/b14-10+. The van der Waals surface area contributed by atoms with Gasteiger partial charge >= 0.3 is 6.61 Å². The van der Waals surface area contributed by atoms with Crippen LogP contribution in [-0.2, 0) is 4.79 Å². The number of hydrogen-bond donors (Lipinski definition) is 1. The maximum atomic E-state index is 12.1. The van der Waals surface area contributed by atoms with E-state index >= 15 is 0 Å². The summed E-state index contributed by atoms with van der Waals surface area (Å²) in [6.07, 6.45) is 1.16. The quantitative estimate of drug-likeness (QED) is 0.818. The average molecular weight is 332 g/mol. The Bertz CT molecular complexity index is 743. The molecule has 1 amide bonds. The minimum atomic E-state index is -2.95. The van der Waals surface area contributed by atoms with Crippen LogP contribution in [0.15, 0.2) is 60.3 Å². The molecule has 0 atom stereocenters. The number of carbonyl (C=O) groups is 2. The SMILES string of the molecule is O=C([O-])/C(=C\c1ccc(OC(F)F)cc1)NC(=O)c1ccccc1. The van der Waals surface area contributed by atoms with Crippen molar-refractivity contribution in [2.45, 2.75) is 6.61 Å². The van der Waals surface area contributed by atoms with Gasteiger partial charge in [0, 0.05) is 5.56 Å². The molecule has 0 aliphatic carbocycles. The number of halogens is 2. The van der Waals surface area contributed by atoms with Crippen molar-refractivity contribution in [1.82, 2.24) is 5.32 Å². The molecule has 0 aliphatic heterocycles. The van der Waals surface area contributed by atoms with Crippen molar-refractivity contribution in [3.05, 3.63) is 71.4 Å². The maximum absolute atomic E-state index is 12.1. The van der Waals surface area contributed by atoms with Crippen LogP contribution >= 0.6 is 0 Å². The van der Waals surface area contributed by atoms with E-state index in [1.165, 1.54) is 36.4 Å². The number of hydrogen-bond acceptors (Lipinski definition) is 4. The number of carbonyl (C=O) groups excluding carboxylic acids is 2. The van der Waals surface area contributed by atoms with Crippen LogP contribution in [-0.4, -0.2) is 18.5 Å². The third-order valence-corrected chi connectivity index (χ3v) is 2.92. The zero-order chi connectivity index (χ0) is 17.5. The van der Waals surface area contributed by atoms with Crippen LogP contribution in [0.3, 0.4) is 0 Å². The Morgan fingerprint density at radius 2 is 1.67 bits per heavy atom. The summed E-state index contributed by atoms with van der Waals surface area (Å²) in [7, 11) is 0. The molecule has 0 radical (unpaired) electrons. The Morgan fingerprint density at radius 3 is 2.21 bits per heavy atom. The highest BCUT2D eigenvalue weighted by molar-refractivity contribution is 6.02. The normalized spacial score (nSPS) is 11.2. The van der Waals surface area contributed by atoms with Crippen molar-refractivity contribution in [3.8, 4) is 5.75 Å². The molecule has 1 N–H and O–H groups in total. The molecule has 7 heteroatoms. The van der Waals surface area contributed by atoms with Crippen molar-refractivity contribution in [2.24, 2.45) is 0 Å². The first-order valence-corrected chi connectivity index (χ1v) is 6.80. The largest absolute Gasteiger partial charge is 0.543 e. The van der Waals surface area contributed by atoms with Gasteiger partial charge in [-0.3, -0.25) is 4.79 Å². The van der Waals surface area contributed by atoms with E-state index < -0.39 is 24.2 Å². The topological polar surface area (TPSA) is 78.5 Å². The van der Waals surface area contributed by atoms with Gasteiger partial charge in [-0.05, 0) is 35.9 Å². The van der Waals surface area contributed by atoms with E-state index in [1.807, 2.05) is 0 Å². The summed E-state index contributed by atoms with van der Waals surface area (Å²) in [6.45, 7) is -2.95. The molecule has 0 aromatic heterocycles. The molecule has 0 saturated heterocycles. The summed E-state index contributed by atoms with van der Waals surface area (Å²) >= 11 is 0. The van der Waals surface area contributed by atoms with E-state index in [9.17, 15) is 23.5 Å². The monoisotopic (exact) mass is 332 g/mol. The van der Waals surface area contributed by atoms with Gasteiger partial charge in [-0.25, -0.2) is 0 Å². The third-order valence-electron chi connectivity index (χ3n) is 2.92. The minimum absolute atomic E-state index is 0.0644. The molecule has 5 nitrogen and oxygen atoms in total. The van der Waals surface area contributed by atoms with Crippen molar-refractivity contribution in [1.29, 1.82) is 0 Å². The van der Waals surface area contributed by atoms with Crippen LogP contribution in [0.2, 0.25) is 0 Å². The Morgan fingerprint density at radius 1 is 1.04 bits per heavy atom. The van der Waals surface area contributed by atoms with Gasteiger partial charge < -0.3 is 20.0 Å². The lowest BCUT2D eigenvalue weighted by atomic mass is 10.1. The van der Waals surface area contributed by atoms with Gasteiger partial charge in [0.05, 0.1) is 11.7 Å². The third kappa shape index (κ3) is 4.91. The Hall–Kier alpha value is -3.22. The van der Waals surface area contributed by atoms with Crippen LogP contribution in [0.25, 0.3) is 6.08 Å². The number of carboxylic acids is 1. The van der Waals surface area contributed by atoms with Crippen molar-refractivity contribution in [2.75, 3.05) is 0 Å². The smallest absolute Gasteiger partial charge is 0.387 e. The van der Waals surface area contributed by atoms with Crippen molar-refractivity contribution >= 4 is 18.0 Å². The second kappa shape index (κ2) is 7.87. The molecule has 0 spiro atoms. The van der Waals surface area contributed by atoms with Crippen LogP contribution in [0, 0.1) is 0 Å². The minimum Gasteiger partial charge on any atom is -0.543 e. The molecule has 0 aliphatic rings. The van der Waals surface area contributed by atoms with Crippen LogP contribution in [0.5, 0.6) is 5.75 Å². The zero-order valence-corrected chi connectivity index (χ0v) is 12.2. The number of benzene rings is 2. The van der Waals surface area contributed by atoms with Gasteiger partial charge in [0.1, 0.15) is 5.75 Å². The first kappa shape index (κ1) is 17.1. The predicted molar refractivity (Wildman–Crippen MR) is 80.0 cm³/mol. The highest BCUT2D eigenvalue weighted by atomic mass is 19.3. The van der Waals surface area contributed by atoms with Gasteiger partial charge in [-0.15, -0.1) is 0 Å². The molecule has 0 bridgehead atoms. The number of rotatable bonds is 6. The van der Waals surface area contributed by atoms with E-state index in [0.717, 1.165) is 6.08 Å². The molecular weight excluding hydrogens is 320 g/mol. The fourth-order valence-corrected chi connectivity index (χ4v) is 1.84. The first-order valence-electron chi connectivity index (χ1n) is 6.80. The molecule has 0 unspecified atom stereocenters. The van der Waals surface area contributed by atoms with E-state index in [1.54, 1.807) is 18.2 Å². The predicted octanol–water partition coefficient (Wildman–Crippen LogP) is 1.81. The highest BCUT2D eigenvalue weighted by Gasteiger charge is 2.08. The number of nitrogens with one attached hydrogen (secondary N) is 1. The van der Waals surface area contributed by atoms with Gasteiger partial charge in [0.15, 0.2) is 0 Å². The van der Waals surface area contributed by atoms with Crippen molar-refractivity contribution in [3.63, 3.8) is 0 Å². The molecular formula is C17H12F2NO4-. The Balaban J connectivity index is 2.16. The lowest BCUT2D eigenvalue weighted by Crippen LogP contribution is -2.35. The van der Waals surface area contributed by atoms with Crippen molar-refractivity contribution < 1.29 is 28.2 Å². The maximum Gasteiger partial charge on any atom is 0.387 e. The second-order valence-corrected chi connectivity index (χ2v) is 4.61. The fourth-order valence-electron chi connectivity index (χ4n) is 1.84. The summed E-state index contributed by atoms with van der Waals surface area (Å²) in [4.78, 5) is 23.1. The van der Waals surface area contributed by atoms with Crippen LogP contribution in [0.4, 0.5) is 8.78 Å². The summed E-state index contributed by atoms with van der Waals surface area (Å²) in [5, 5.41) is 13.4. The van der Waals surface area contributed by atoms with Gasteiger partial charge in [0.25, 0.3) is 5.91 Å². The highest BCUT2D eigenvalue weighted by Crippen LogP contribution is 2.16. The lowest BCUT2D eigenvalue weighted by Gasteiger charge is -2.11. The van der Waals surface area contributed by atoms with Crippen LogP contribution < -0.4 is 15.2 Å². The number of carboxylic acid groups (broad SMARTS) is 1. The summed E-state index contributed by atoms with van der Waals surface area (Å²) in [5.74, 6) is -2.25. The molecule has 0 fully saturated rings. The molecule has 2 aromatic carbocycles. The second-order valence-electron chi connectivity index (χ2n) is 4.61. The van der Waals surface area contributed by atoms with Crippen LogP contribution in [0.1, 0.15) is 15.9 Å². The number of ether oxygens (including phenoxy) is 1. The molecule has 0 heterocycles. The summed E-state index contributed by atoms with van der Waals surface area (Å²) < 4.78 is 28.3. The zero-order valence-electron chi connectivity index (χ0n) is 12.2. The van der Waals surface area contributed by atoms with E-state index in [0.29, 0.717) is 5.56 Å². The number of aliphatic carboxylic acids is 1. The lowest BCUT2D eigenvalue weighted by molar-refractivity contribution is -0.299. The molecule has 2 aromatic rings. The van der Waals surface area contributed by atoms with E-state index in [-0.39, 0.29) is 11.3 Å². The Kier molecular flexibility index (Phi) is 5.62. The molecule has 2 rings (SSSR count). The molecule has 24 heavy (non-hydrogen) atoms.